The van der Waals surface area contributed by atoms with Crippen molar-refractivity contribution < 1.29 is 34.4 Å². The van der Waals surface area contributed by atoms with Gasteiger partial charge in [-0.15, -0.1) is 5.01 Å². The van der Waals surface area contributed by atoms with Crippen LogP contribution in [0.4, 0.5) is 11.4 Å². The van der Waals surface area contributed by atoms with Crippen molar-refractivity contribution in [3.8, 4) is 11.5 Å². The third-order valence-corrected chi connectivity index (χ3v) is 2.33. The van der Waals surface area contributed by atoms with E-state index < -0.39 is 16.4 Å². The van der Waals surface area contributed by atoms with Crippen LogP contribution in [0.5, 0.6) is 11.5 Å². The van der Waals surface area contributed by atoms with Crippen LogP contribution in [-0.4, -0.2) is 53.2 Å². The highest BCUT2D eigenvalue weighted by Crippen LogP contribution is 2.38. The molecule has 0 spiro atoms. The Bertz CT molecular complexity index is 616. The van der Waals surface area contributed by atoms with Crippen LogP contribution in [-0.2, 0) is 9.68 Å². The fraction of sp³-hybridized carbons (Fsp3) is 0.400. The first-order valence-corrected chi connectivity index (χ1v) is 5.74. The molecule has 22 heavy (non-hydrogen) atoms. The molecule has 0 radical (unpaired) electrons. The zero-order valence-electron chi connectivity index (χ0n) is 12.3. The smallest absolute Gasteiger partial charge is 0.368 e. The van der Waals surface area contributed by atoms with Gasteiger partial charge in [-0.1, -0.05) is 0 Å². The molecule has 1 aromatic rings. The van der Waals surface area contributed by atoms with Crippen molar-refractivity contribution in [1.82, 2.24) is 5.01 Å². The van der Waals surface area contributed by atoms with Gasteiger partial charge in [-0.25, -0.2) is 9.68 Å². The van der Waals surface area contributed by atoms with E-state index in [1.165, 1.54) is 12.1 Å². The van der Waals surface area contributed by atoms with Crippen LogP contribution in [0.1, 0.15) is 0 Å². The van der Waals surface area contributed by atoms with E-state index in [9.17, 15) is 20.1 Å². The Morgan fingerprint density at radius 2 is 1.82 bits per heavy atom. The summed E-state index contributed by atoms with van der Waals surface area (Å²) in [6.45, 7) is 0. The van der Waals surface area contributed by atoms with Crippen molar-refractivity contribution in [2.24, 2.45) is 5.28 Å². The maximum absolute atomic E-state index is 11.6. The third-order valence-electron chi connectivity index (χ3n) is 2.33. The number of benzene rings is 1. The summed E-state index contributed by atoms with van der Waals surface area (Å²) in [7, 11) is 5.57. The molecule has 0 bridgehead atoms. The van der Waals surface area contributed by atoms with Crippen molar-refractivity contribution in [3.63, 3.8) is 0 Å². The molecule has 0 aromatic heterocycles. The summed E-state index contributed by atoms with van der Waals surface area (Å²) in [5.74, 6) is -0.971. The Morgan fingerprint density at radius 1 is 1.18 bits per heavy atom. The summed E-state index contributed by atoms with van der Waals surface area (Å²) in [5, 5.41) is 25.3. The summed E-state index contributed by atoms with van der Waals surface area (Å²) in [6.07, 6.45) is 0. The fourth-order valence-electron chi connectivity index (χ4n) is 1.36. The zero-order valence-corrected chi connectivity index (χ0v) is 12.3. The summed E-state index contributed by atoms with van der Waals surface area (Å²) < 4.78 is 0. The molecule has 120 valence electrons. The number of rotatable bonds is 7. The number of hydrogen-bond donors (Lipinski definition) is 1. The molecule has 1 N–H and O–H groups in total. The molecular weight excluding hydrogens is 302 g/mol. The SMILES string of the molecule is CO[N+](=O)c1cc([N+](=O)[O-])c(O)cc1ON=[N+](OC)N(C)C. The second-order valence-electron chi connectivity index (χ2n) is 3.96. The Morgan fingerprint density at radius 3 is 2.27 bits per heavy atom. The van der Waals surface area contributed by atoms with Crippen LogP contribution in [0.25, 0.3) is 0 Å². The summed E-state index contributed by atoms with van der Waals surface area (Å²) >= 11 is 0. The van der Waals surface area contributed by atoms with E-state index in [1.807, 2.05) is 0 Å². The lowest BCUT2D eigenvalue weighted by atomic mass is 10.2. The topological polar surface area (TPSA) is 130 Å². The highest BCUT2D eigenvalue weighted by molar-refractivity contribution is 5.60. The van der Waals surface area contributed by atoms with E-state index in [-0.39, 0.29) is 16.4 Å². The molecule has 1 rings (SSSR count). The van der Waals surface area contributed by atoms with E-state index in [0.29, 0.717) is 0 Å². The molecule has 0 aliphatic heterocycles. The van der Waals surface area contributed by atoms with Gasteiger partial charge in [0.2, 0.25) is 5.75 Å². The number of hydrogen-bond acceptors (Lipinski definition) is 8. The first kappa shape index (κ1) is 16.9. The summed E-state index contributed by atoms with van der Waals surface area (Å²) in [5.41, 5.74) is -1.04. The average Bonchev–Trinajstić information content (AvgIpc) is 2.46. The monoisotopic (exact) mass is 317 g/mol. The standard InChI is InChI=1S/C10H14N5O7/c1-12(2)15(21-4)11-22-10-6-9(16)7(13(17)18)5-8(10)14(19)20-3/h5-6H,1-4H3/q+1/p+1. The number of phenolic OH excluding ortho intramolecular Hbond substituents is 1. The second-order valence-corrected chi connectivity index (χ2v) is 3.96. The lowest BCUT2D eigenvalue weighted by Gasteiger charge is -2.02. The third kappa shape index (κ3) is 3.68. The normalized spacial score (nSPS) is 10.8. The van der Waals surface area contributed by atoms with Crippen molar-refractivity contribution in [2.75, 3.05) is 28.3 Å². The van der Waals surface area contributed by atoms with Crippen LogP contribution in [0.2, 0.25) is 0 Å². The number of nitro groups is 1. The molecule has 0 unspecified atom stereocenters. The lowest BCUT2D eigenvalue weighted by Crippen LogP contribution is -2.26. The Labute approximate surface area is 124 Å². The molecule has 0 saturated heterocycles. The quantitative estimate of drug-likeness (QED) is 0.342. The molecule has 0 heterocycles. The molecule has 0 aliphatic carbocycles. The Hall–Kier alpha value is -3.18. The largest absolute Gasteiger partial charge is 0.502 e. The van der Waals surface area contributed by atoms with Crippen LogP contribution in [0.15, 0.2) is 17.4 Å². The molecule has 0 saturated carbocycles. The van der Waals surface area contributed by atoms with Crippen molar-refractivity contribution in [2.45, 2.75) is 0 Å². The lowest BCUT2D eigenvalue weighted by molar-refractivity contribution is -0.935. The van der Waals surface area contributed by atoms with Crippen molar-refractivity contribution >= 4 is 11.4 Å². The van der Waals surface area contributed by atoms with Gasteiger partial charge < -0.3 is 5.11 Å². The predicted octanol–water partition coefficient (Wildman–Crippen LogP) is 1.07. The maximum atomic E-state index is 11.6. The highest BCUT2D eigenvalue weighted by Gasteiger charge is 2.31. The number of nitrogens with zero attached hydrogens (tertiary/aromatic N) is 5. The highest BCUT2D eigenvalue weighted by atomic mass is 16.8. The predicted molar refractivity (Wildman–Crippen MR) is 69.1 cm³/mol. The summed E-state index contributed by atoms with van der Waals surface area (Å²) in [6, 6.07) is 1.66. The van der Waals surface area contributed by atoms with Gasteiger partial charge in [0.15, 0.2) is 20.0 Å². The molecule has 0 aliphatic rings. The second kappa shape index (κ2) is 7.01. The molecule has 12 heteroatoms. The number of hydrazine groups is 1. The minimum Gasteiger partial charge on any atom is -0.502 e. The molecular formula is C10H15N5O7+2. The Kier molecular flexibility index (Phi) is 5.38. The van der Waals surface area contributed by atoms with Gasteiger partial charge in [0.1, 0.15) is 6.07 Å². The zero-order chi connectivity index (χ0) is 16.9. The average molecular weight is 317 g/mol. The fourth-order valence-corrected chi connectivity index (χ4v) is 1.36. The van der Waals surface area contributed by atoms with Crippen molar-refractivity contribution in [1.29, 1.82) is 0 Å². The van der Waals surface area contributed by atoms with Crippen LogP contribution < -0.4 is 4.84 Å². The van der Waals surface area contributed by atoms with Gasteiger partial charge in [-0.3, -0.25) is 15.0 Å². The van der Waals surface area contributed by atoms with E-state index in [4.69, 9.17) is 9.68 Å². The minimum absolute atomic E-state index is 0.0237. The van der Waals surface area contributed by atoms with Crippen molar-refractivity contribution in [3.05, 3.63) is 27.2 Å². The summed E-state index contributed by atoms with van der Waals surface area (Å²) in [4.78, 5) is 36.6. The molecule has 0 amide bonds. The molecule has 1 aromatic carbocycles. The Balaban J connectivity index is 3.31. The van der Waals surface area contributed by atoms with E-state index in [2.05, 4.69) is 10.1 Å². The van der Waals surface area contributed by atoms with Gasteiger partial charge in [-0.2, -0.15) is 0 Å². The van der Waals surface area contributed by atoms with Crippen LogP contribution >= 0.6 is 0 Å². The first-order chi connectivity index (χ1) is 10.3. The molecule has 0 atom stereocenters. The van der Waals surface area contributed by atoms with Gasteiger partial charge in [-0.05, 0) is 0 Å². The number of nitro benzene ring substituents is 1. The number of aromatic hydroxyl groups is 1. The van der Waals surface area contributed by atoms with Crippen LogP contribution in [0, 0.1) is 15.0 Å². The number of phenols is 1. The van der Waals surface area contributed by atoms with Gasteiger partial charge in [0.05, 0.1) is 23.9 Å². The van der Waals surface area contributed by atoms with E-state index >= 15 is 0 Å². The maximum Gasteiger partial charge on any atom is 0.368 e. The molecule has 0 fully saturated rings. The molecule has 12 nitrogen and oxygen atoms in total. The van der Waals surface area contributed by atoms with E-state index in [1.54, 1.807) is 14.1 Å². The van der Waals surface area contributed by atoms with Crippen LogP contribution in [0.3, 0.4) is 0 Å². The van der Waals surface area contributed by atoms with E-state index in [0.717, 1.165) is 24.2 Å². The van der Waals surface area contributed by atoms with Gasteiger partial charge in [0.25, 0.3) is 15.2 Å². The minimum atomic E-state index is -0.857. The first-order valence-electron chi connectivity index (χ1n) is 5.74. The van der Waals surface area contributed by atoms with Gasteiger partial charge in [0, 0.05) is 6.07 Å². The van der Waals surface area contributed by atoms with Gasteiger partial charge >= 0.3 is 11.4 Å².